The Morgan fingerprint density at radius 3 is 2.39 bits per heavy atom. The summed E-state index contributed by atoms with van der Waals surface area (Å²) in [5.41, 5.74) is 4.08. The summed E-state index contributed by atoms with van der Waals surface area (Å²) in [6.45, 7) is 19.3. The van der Waals surface area contributed by atoms with Gasteiger partial charge in [0.1, 0.15) is 0 Å². The molecule has 0 spiro atoms. The van der Waals surface area contributed by atoms with Crippen LogP contribution in [0.15, 0.2) is 12.2 Å². The number of hydrogen-bond donors (Lipinski definition) is 1. The summed E-state index contributed by atoms with van der Waals surface area (Å²) >= 11 is 0. The van der Waals surface area contributed by atoms with E-state index in [1.54, 1.807) is 7.11 Å². The highest BCUT2D eigenvalue weighted by Gasteiger charge is 2.72. The van der Waals surface area contributed by atoms with Crippen LogP contribution in [-0.4, -0.2) is 28.5 Å². The highest BCUT2D eigenvalue weighted by molar-refractivity contribution is 5.78. The van der Waals surface area contributed by atoms with Crippen molar-refractivity contribution in [2.45, 2.75) is 105 Å². The van der Waals surface area contributed by atoms with Gasteiger partial charge in [0.2, 0.25) is 0 Å². The molecule has 36 heavy (non-hydrogen) atoms. The van der Waals surface area contributed by atoms with E-state index in [-0.39, 0.29) is 33.0 Å². The predicted octanol–water partition coefficient (Wildman–Crippen LogP) is 6.65. The molecule has 4 unspecified atom stereocenters. The van der Waals surface area contributed by atoms with Gasteiger partial charge in [0.05, 0.1) is 23.9 Å². The Hall–Kier alpha value is -1.65. The number of nitrogens with one attached hydrogen (secondary N) is 1. The summed E-state index contributed by atoms with van der Waals surface area (Å²) in [4.78, 5) is 13.4. The first-order valence-corrected chi connectivity index (χ1v) is 14.5. The van der Waals surface area contributed by atoms with Gasteiger partial charge in [0, 0.05) is 5.41 Å². The largest absolute Gasteiger partial charge is 0.469 e. The second kappa shape index (κ2) is 7.47. The molecule has 5 aliphatic carbocycles. The molecular weight excluding hydrogens is 446 g/mol. The first-order valence-electron chi connectivity index (χ1n) is 14.5. The van der Waals surface area contributed by atoms with E-state index >= 15 is 0 Å². The molecule has 4 fully saturated rings. The molecule has 0 aromatic carbocycles. The van der Waals surface area contributed by atoms with Crippen molar-refractivity contribution in [3.05, 3.63) is 23.5 Å². The van der Waals surface area contributed by atoms with E-state index in [2.05, 4.69) is 63.5 Å². The Morgan fingerprint density at radius 2 is 1.69 bits per heavy atom. The minimum atomic E-state index is -0.310. The fourth-order valence-corrected chi connectivity index (χ4v) is 11.9. The normalized spacial score (nSPS) is 48.6. The molecule has 4 saturated carbocycles. The molecule has 1 N–H and O–H groups in total. The lowest BCUT2D eigenvalue weighted by Crippen LogP contribution is -2.67. The van der Waals surface area contributed by atoms with Crippen molar-refractivity contribution in [1.29, 1.82) is 0 Å². The molecule has 0 aliphatic heterocycles. The maximum Gasteiger partial charge on any atom is 0.312 e. The number of hydrogen-bond acceptors (Lipinski definition) is 4. The zero-order chi connectivity index (χ0) is 25.9. The molecule has 0 radical (unpaired) electrons. The van der Waals surface area contributed by atoms with Crippen LogP contribution >= 0.6 is 0 Å². The van der Waals surface area contributed by atoms with Crippen LogP contribution in [0.5, 0.6) is 0 Å². The minimum absolute atomic E-state index is 0.0392. The number of rotatable bonds is 2. The quantitative estimate of drug-likeness (QED) is 0.370. The number of esters is 1. The van der Waals surface area contributed by atoms with Gasteiger partial charge in [-0.05, 0) is 111 Å². The second-order valence-electron chi connectivity index (χ2n) is 14.9. The lowest BCUT2D eigenvalue weighted by atomic mass is 9.32. The number of allylic oxidation sites excluding steroid dienone is 1. The van der Waals surface area contributed by atoms with Crippen LogP contribution in [0.4, 0.5) is 0 Å². The summed E-state index contributed by atoms with van der Waals surface area (Å²) < 4.78 is 5.52. The first-order chi connectivity index (χ1) is 16.9. The van der Waals surface area contributed by atoms with Crippen molar-refractivity contribution >= 4 is 5.97 Å². The zero-order valence-corrected chi connectivity index (χ0v) is 23.7. The molecule has 1 aromatic heterocycles. The Bertz CT molecular complexity index is 1110. The third-order valence-corrected chi connectivity index (χ3v) is 13.6. The van der Waals surface area contributed by atoms with Crippen LogP contribution in [0.3, 0.4) is 0 Å². The van der Waals surface area contributed by atoms with Gasteiger partial charge in [-0.25, -0.2) is 0 Å². The number of carbonyl (C=O) groups is 1. The van der Waals surface area contributed by atoms with Crippen molar-refractivity contribution < 1.29 is 9.53 Å². The number of carbonyl (C=O) groups excluding carboxylic acids is 1. The molecule has 0 amide bonds. The predicted molar refractivity (Wildman–Crippen MR) is 141 cm³/mol. The summed E-state index contributed by atoms with van der Waals surface area (Å²) in [6.07, 6.45) is 10.2. The van der Waals surface area contributed by atoms with Crippen LogP contribution in [0.1, 0.15) is 104 Å². The number of fused-ring (bicyclic) bond motifs is 8. The Labute approximate surface area is 217 Å². The Kier molecular flexibility index (Phi) is 5.12. The number of aromatic nitrogens is 3. The second-order valence-corrected chi connectivity index (χ2v) is 14.9. The molecule has 0 saturated heterocycles. The molecule has 5 nitrogen and oxygen atoms in total. The molecule has 1 heterocycles. The van der Waals surface area contributed by atoms with Crippen LogP contribution in [0.25, 0.3) is 0 Å². The highest BCUT2D eigenvalue weighted by Crippen LogP contribution is 2.77. The minimum Gasteiger partial charge on any atom is -0.469 e. The maximum absolute atomic E-state index is 13.4. The van der Waals surface area contributed by atoms with Crippen LogP contribution in [0, 0.1) is 51.2 Å². The van der Waals surface area contributed by atoms with Crippen molar-refractivity contribution in [1.82, 2.24) is 15.4 Å². The lowest BCUT2D eigenvalue weighted by Gasteiger charge is -2.72. The molecule has 5 aliphatic rings. The SMILES string of the molecule is C=C(C)[C@@H]1CC[C@]2(C(=O)OC)CC[C@]3(C)C(CCC4[C@@]5(C)Cc6n[nH]nc6C(C)(C)C5CC[C@]43C)C12. The molecule has 0 bridgehead atoms. The zero-order valence-electron chi connectivity index (χ0n) is 23.7. The molecule has 198 valence electrons. The fourth-order valence-electron chi connectivity index (χ4n) is 11.9. The van der Waals surface area contributed by atoms with Crippen LogP contribution in [-0.2, 0) is 21.4 Å². The lowest BCUT2D eigenvalue weighted by molar-refractivity contribution is -0.228. The molecule has 1 aromatic rings. The third-order valence-electron chi connectivity index (χ3n) is 13.6. The van der Waals surface area contributed by atoms with Crippen LogP contribution < -0.4 is 0 Å². The Balaban J connectivity index is 1.43. The van der Waals surface area contributed by atoms with Gasteiger partial charge in [-0.2, -0.15) is 15.4 Å². The maximum atomic E-state index is 13.4. The monoisotopic (exact) mass is 493 g/mol. The van der Waals surface area contributed by atoms with Crippen molar-refractivity contribution in [2.75, 3.05) is 7.11 Å². The summed E-state index contributed by atoms with van der Waals surface area (Å²) in [5.74, 6) is 2.68. The summed E-state index contributed by atoms with van der Waals surface area (Å²) in [5, 5.41) is 12.3. The van der Waals surface area contributed by atoms with E-state index in [1.807, 2.05) is 0 Å². The third kappa shape index (κ3) is 2.71. The van der Waals surface area contributed by atoms with Gasteiger partial charge in [-0.1, -0.05) is 46.8 Å². The van der Waals surface area contributed by atoms with Gasteiger partial charge < -0.3 is 4.74 Å². The number of methoxy groups -OCH3 is 1. The van der Waals surface area contributed by atoms with Gasteiger partial charge in [0.25, 0.3) is 0 Å². The number of ether oxygens (including phenoxy) is 1. The fraction of sp³-hybridized carbons (Fsp3) is 0.839. The van der Waals surface area contributed by atoms with Gasteiger partial charge in [-0.15, -0.1) is 0 Å². The smallest absolute Gasteiger partial charge is 0.312 e. The molecule has 6 rings (SSSR count). The van der Waals surface area contributed by atoms with E-state index in [0.717, 1.165) is 32.1 Å². The highest BCUT2D eigenvalue weighted by atomic mass is 16.5. The van der Waals surface area contributed by atoms with E-state index in [0.29, 0.717) is 29.6 Å². The van der Waals surface area contributed by atoms with Gasteiger partial charge >= 0.3 is 5.97 Å². The van der Waals surface area contributed by atoms with E-state index < -0.39 is 0 Å². The summed E-state index contributed by atoms with van der Waals surface area (Å²) in [6, 6.07) is 0. The van der Waals surface area contributed by atoms with E-state index in [9.17, 15) is 4.79 Å². The molecule has 9 atom stereocenters. The van der Waals surface area contributed by atoms with Crippen molar-refractivity contribution in [2.24, 2.45) is 51.2 Å². The number of aromatic amines is 1. The van der Waals surface area contributed by atoms with E-state index in [1.165, 1.54) is 42.6 Å². The molecular formula is C31H47N3O2. The van der Waals surface area contributed by atoms with Gasteiger partial charge in [-0.3, -0.25) is 4.79 Å². The standard InChI is InChI=1S/C31H47N3O2/c1-18(2)19-11-14-31(26(35)36-8)16-15-29(6)20(24(19)31)9-10-23-28(5)17-21-25(33-34-32-21)27(3,4)22(28)12-13-30(23,29)7/h19-20,22-24H,1,9-17H2,2-8H3,(H,32,33,34)/t19-,20?,22?,23?,24?,28-,29+,30+,31-/m0/s1. The first kappa shape index (κ1) is 24.7. The van der Waals surface area contributed by atoms with E-state index in [4.69, 9.17) is 4.74 Å². The average molecular weight is 494 g/mol. The van der Waals surface area contributed by atoms with Crippen molar-refractivity contribution in [3.63, 3.8) is 0 Å². The average Bonchev–Trinajstić information content (AvgIpc) is 3.44. The van der Waals surface area contributed by atoms with Crippen LogP contribution in [0.2, 0.25) is 0 Å². The number of nitrogens with zero attached hydrogens (tertiary/aromatic N) is 2. The van der Waals surface area contributed by atoms with Gasteiger partial charge in [0.15, 0.2) is 0 Å². The van der Waals surface area contributed by atoms with Crippen molar-refractivity contribution in [3.8, 4) is 0 Å². The summed E-state index contributed by atoms with van der Waals surface area (Å²) in [7, 11) is 1.60. The Morgan fingerprint density at radius 1 is 0.944 bits per heavy atom. The topological polar surface area (TPSA) is 67.9 Å². The molecule has 5 heteroatoms. The number of H-pyrrole nitrogens is 1.